The van der Waals surface area contributed by atoms with Gasteiger partial charge in [0.25, 0.3) is 0 Å². The Morgan fingerprint density at radius 3 is 2.00 bits per heavy atom. The maximum atomic E-state index is 12.3. The molecule has 0 heterocycles. The number of allylic oxidation sites excluding steroid dienone is 2. The third kappa shape index (κ3) is 6.20. The van der Waals surface area contributed by atoms with Gasteiger partial charge in [0.05, 0.1) is 0 Å². The molecule has 2 aromatic carbocycles. The van der Waals surface area contributed by atoms with Gasteiger partial charge in [0.1, 0.15) is 0 Å². The molecule has 0 bridgehead atoms. The van der Waals surface area contributed by atoms with Crippen molar-refractivity contribution in [3.05, 3.63) is 89.0 Å². The number of benzene rings is 2. The van der Waals surface area contributed by atoms with Crippen molar-refractivity contribution in [1.29, 1.82) is 0 Å². The summed E-state index contributed by atoms with van der Waals surface area (Å²) in [4.78, 5) is 12.3. The maximum Gasteiger partial charge on any atom is 1.00 e. The molecule has 1 N–H and O–H groups in total. The number of hydrogen-bond donors (Lipinski definition) is 1. The molecule has 24 heavy (non-hydrogen) atoms. The van der Waals surface area contributed by atoms with Gasteiger partial charge >= 0.3 is 18.9 Å². The van der Waals surface area contributed by atoms with Crippen LogP contribution in [0, 0.1) is 0 Å². The first-order valence-electron chi connectivity index (χ1n) is 7.73. The second-order valence-corrected chi connectivity index (χ2v) is 5.69. The zero-order valence-electron chi connectivity index (χ0n) is 14.5. The van der Waals surface area contributed by atoms with Crippen LogP contribution in [0.15, 0.2) is 72.4 Å². The number of carbonyl (C=O) groups is 1. The Balaban J connectivity index is 0.00000288. The Labute approximate surface area is 155 Å². The van der Waals surface area contributed by atoms with E-state index in [0.717, 1.165) is 5.56 Å². The van der Waals surface area contributed by atoms with E-state index in [-0.39, 0.29) is 36.4 Å². The van der Waals surface area contributed by atoms with E-state index in [1.54, 1.807) is 18.2 Å². The summed E-state index contributed by atoms with van der Waals surface area (Å²) >= 11 is 0. The van der Waals surface area contributed by atoms with Crippen molar-refractivity contribution in [2.75, 3.05) is 0 Å². The molecule has 118 valence electrons. The van der Waals surface area contributed by atoms with Gasteiger partial charge in [-0.3, -0.25) is 4.79 Å². The van der Waals surface area contributed by atoms with E-state index in [9.17, 15) is 10.2 Å². The van der Waals surface area contributed by atoms with Crippen molar-refractivity contribution in [3.8, 4) is 0 Å². The van der Waals surface area contributed by atoms with Gasteiger partial charge in [-0.05, 0) is 25.8 Å². The zero-order chi connectivity index (χ0) is 16.7. The van der Waals surface area contributed by atoms with Gasteiger partial charge in [0, 0.05) is 23.4 Å². The number of nitrogens with zero attached hydrogens (tertiary/aromatic N) is 1. The topological polar surface area (TPSA) is 51.4 Å². The van der Waals surface area contributed by atoms with E-state index in [1.165, 1.54) is 0 Å². The van der Waals surface area contributed by atoms with Gasteiger partial charge in [-0.25, -0.2) is 0 Å². The van der Waals surface area contributed by atoms with Crippen molar-refractivity contribution in [3.63, 3.8) is 0 Å². The van der Waals surface area contributed by atoms with E-state index in [2.05, 4.69) is 5.32 Å². The van der Waals surface area contributed by atoms with Gasteiger partial charge in [0.2, 0.25) is 0 Å². The molecule has 0 amide bonds. The molecule has 3 nitrogen and oxygen atoms in total. The van der Waals surface area contributed by atoms with Crippen LogP contribution in [0.1, 0.15) is 36.2 Å². The number of carbonyl (C=O) groups excluding carboxylic acids is 1. The third-order valence-electron chi connectivity index (χ3n) is 3.30. The minimum absolute atomic E-state index is 0. The van der Waals surface area contributed by atoms with Crippen LogP contribution in [0.5, 0.6) is 0 Å². The second kappa shape index (κ2) is 9.92. The number of rotatable bonds is 7. The molecule has 0 aliphatic heterocycles. The van der Waals surface area contributed by atoms with Crippen LogP contribution in [0.3, 0.4) is 0 Å². The molecule has 4 heteroatoms. The summed E-state index contributed by atoms with van der Waals surface area (Å²) in [5, 5.41) is 13.6. The molecule has 0 fully saturated rings. The fourth-order valence-corrected chi connectivity index (χ4v) is 2.27. The predicted molar refractivity (Wildman–Crippen MR) is 95.7 cm³/mol. The molecule has 0 aliphatic rings. The summed E-state index contributed by atoms with van der Waals surface area (Å²) in [5.74, 6) is -0.0744. The monoisotopic (exact) mass is 312 g/mol. The van der Waals surface area contributed by atoms with E-state index < -0.39 is 0 Å². The molecular weight excluding hydrogens is 291 g/mol. The summed E-state index contributed by atoms with van der Waals surface area (Å²) in [7, 11) is 0. The van der Waals surface area contributed by atoms with Crippen molar-refractivity contribution < 1.29 is 23.7 Å². The second-order valence-electron chi connectivity index (χ2n) is 5.69. The molecule has 0 saturated carbocycles. The number of hydrogen-bond acceptors (Lipinski definition) is 2. The van der Waals surface area contributed by atoms with Crippen LogP contribution in [0.25, 0.3) is 5.41 Å². The normalized spacial score (nSPS) is 10.9. The van der Waals surface area contributed by atoms with Crippen LogP contribution < -0.4 is 24.2 Å². The minimum atomic E-state index is -0.0744. The van der Waals surface area contributed by atoms with Crippen LogP contribution >= 0.6 is 0 Å². The molecule has 0 saturated heterocycles. The van der Waals surface area contributed by atoms with Crippen molar-refractivity contribution >= 4 is 11.5 Å². The average Bonchev–Trinajstić information content (AvgIpc) is 2.55. The standard InChI is InChI=1S/C20H21N2O.Li/c1-15(2)22-18(13-19(21)16-9-5-3-6-10-16)14-20(23)17-11-7-4-8-12-17;/h3-12,14-15,22H,13H2,1-2H3;/q-1;+1/b18-14-;. The average molecular weight is 312 g/mol. The van der Waals surface area contributed by atoms with Crippen LogP contribution in [-0.4, -0.2) is 17.5 Å². The maximum absolute atomic E-state index is 12.3. The van der Waals surface area contributed by atoms with Gasteiger partial charge in [0.15, 0.2) is 5.78 Å². The molecule has 2 rings (SSSR count). The Hall–Kier alpha value is -2.08. The molecule has 0 aromatic heterocycles. The van der Waals surface area contributed by atoms with Crippen LogP contribution in [-0.2, 0) is 0 Å². The Bertz CT molecular complexity index is 694. The predicted octanol–water partition coefficient (Wildman–Crippen LogP) is 1.20. The first-order valence-corrected chi connectivity index (χ1v) is 7.73. The van der Waals surface area contributed by atoms with Gasteiger partial charge in [-0.15, -0.1) is 0 Å². The third-order valence-corrected chi connectivity index (χ3v) is 3.30. The zero-order valence-corrected chi connectivity index (χ0v) is 14.5. The first-order chi connectivity index (χ1) is 11.1. The Kier molecular flexibility index (Phi) is 8.25. The fraction of sp³-hybridized carbons (Fsp3) is 0.200. The first kappa shape index (κ1) is 20.0. The van der Waals surface area contributed by atoms with Gasteiger partial charge in [-0.1, -0.05) is 60.7 Å². The van der Waals surface area contributed by atoms with Crippen molar-refractivity contribution in [2.24, 2.45) is 0 Å². The largest absolute Gasteiger partial charge is 1.00 e. The van der Waals surface area contributed by atoms with E-state index in [1.807, 2.05) is 62.4 Å². The molecular formula is C20H21LiN2O. The van der Waals surface area contributed by atoms with Crippen molar-refractivity contribution in [2.45, 2.75) is 26.3 Å². The minimum Gasteiger partial charge on any atom is -0.807 e. The Morgan fingerprint density at radius 2 is 1.50 bits per heavy atom. The fourth-order valence-electron chi connectivity index (χ4n) is 2.27. The molecule has 2 aromatic rings. The molecule has 0 aliphatic carbocycles. The smallest absolute Gasteiger partial charge is 0.807 e. The quantitative estimate of drug-likeness (QED) is 0.361. The van der Waals surface area contributed by atoms with Crippen LogP contribution in [0.2, 0.25) is 0 Å². The molecule has 0 spiro atoms. The number of ketones is 1. The van der Waals surface area contributed by atoms with E-state index >= 15 is 0 Å². The van der Waals surface area contributed by atoms with Gasteiger partial charge < -0.3 is 10.7 Å². The molecule has 0 radical (unpaired) electrons. The molecule has 0 unspecified atom stereocenters. The summed E-state index contributed by atoms with van der Waals surface area (Å²) in [5.41, 5.74) is 2.34. The summed E-state index contributed by atoms with van der Waals surface area (Å²) in [6.07, 6.45) is 1.86. The van der Waals surface area contributed by atoms with Crippen LogP contribution in [0.4, 0.5) is 0 Å². The summed E-state index contributed by atoms with van der Waals surface area (Å²) < 4.78 is 0. The molecule has 0 atom stereocenters. The van der Waals surface area contributed by atoms with E-state index in [0.29, 0.717) is 17.7 Å². The van der Waals surface area contributed by atoms with Crippen molar-refractivity contribution in [1.82, 2.24) is 5.32 Å². The summed E-state index contributed by atoms with van der Waals surface area (Å²) in [6, 6.07) is 18.6. The summed E-state index contributed by atoms with van der Waals surface area (Å²) in [6.45, 7) is 4.00. The number of nitrogens with one attached hydrogen (secondary N) is 1. The SMILES string of the molecule is CC(C)N/C(=C\C(=O)c1ccccc1)CC(=[N-])c1ccccc1.[Li+]. The van der Waals surface area contributed by atoms with E-state index in [4.69, 9.17) is 0 Å². The Morgan fingerprint density at radius 1 is 1.00 bits per heavy atom. The van der Waals surface area contributed by atoms with Gasteiger partial charge in [-0.2, -0.15) is 5.71 Å².